The van der Waals surface area contributed by atoms with Crippen LogP contribution in [0, 0.1) is 0 Å². The first-order valence-electron chi connectivity index (χ1n) is 6.57. The average Bonchev–Trinajstić information content (AvgIpc) is 2.50. The van der Waals surface area contributed by atoms with E-state index in [0.29, 0.717) is 21.6 Å². The standard InChI is InChI=1S/C17H11ClO4/c1-10(19)21-17-15(20)12-7-3-5-9-14(12)22-16(17)11-6-2-4-8-13(11)18/h2-9H,1H3. The molecule has 3 rings (SSSR count). The van der Waals surface area contributed by atoms with Crippen LogP contribution in [0.2, 0.25) is 5.02 Å². The summed E-state index contributed by atoms with van der Waals surface area (Å²) < 4.78 is 10.9. The molecule has 2 aromatic carbocycles. The minimum atomic E-state index is -0.601. The Hall–Kier alpha value is -2.59. The Balaban J connectivity index is 2.39. The molecule has 3 aromatic rings. The number of carbonyl (C=O) groups excluding carboxylic acids is 1. The number of fused-ring (bicyclic) bond motifs is 1. The molecule has 1 heterocycles. The fourth-order valence-corrected chi connectivity index (χ4v) is 2.41. The predicted molar refractivity (Wildman–Crippen MR) is 84.2 cm³/mol. The molecule has 0 aliphatic rings. The summed E-state index contributed by atoms with van der Waals surface area (Å²) in [5, 5.41) is 0.740. The van der Waals surface area contributed by atoms with E-state index in [0.717, 1.165) is 0 Å². The summed E-state index contributed by atoms with van der Waals surface area (Å²) >= 11 is 6.17. The Labute approximate surface area is 130 Å². The number of benzene rings is 2. The van der Waals surface area contributed by atoms with Crippen LogP contribution < -0.4 is 10.2 Å². The summed E-state index contributed by atoms with van der Waals surface area (Å²) in [6, 6.07) is 13.6. The van der Waals surface area contributed by atoms with Crippen molar-refractivity contribution in [1.82, 2.24) is 0 Å². The number of ether oxygens (including phenoxy) is 1. The Bertz CT molecular complexity index is 927. The van der Waals surface area contributed by atoms with Crippen molar-refractivity contribution in [3.05, 3.63) is 63.8 Å². The zero-order valence-corrected chi connectivity index (χ0v) is 12.4. The maximum atomic E-state index is 12.6. The van der Waals surface area contributed by atoms with Gasteiger partial charge in [-0.05, 0) is 24.3 Å². The van der Waals surface area contributed by atoms with Gasteiger partial charge in [-0.2, -0.15) is 0 Å². The van der Waals surface area contributed by atoms with E-state index in [4.69, 9.17) is 20.8 Å². The van der Waals surface area contributed by atoms with E-state index in [1.54, 1.807) is 48.5 Å². The van der Waals surface area contributed by atoms with Gasteiger partial charge in [0.05, 0.1) is 10.4 Å². The highest BCUT2D eigenvalue weighted by Crippen LogP contribution is 2.35. The molecule has 110 valence electrons. The predicted octanol–water partition coefficient (Wildman–Crippen LogP) is 4.04. The number of halogens is 1. The van der Waals surface area contributed by atoms with E-state index >= 15 is 0 Å². The maximum absolute atomic E-state index is 12.6. The van der Waals surface area contributed by atoms with Crippen molar-refractivity contribution in [1.29, 1.82) is 0 Å². The first kappa shape index (κ1) is 14.4. The lowest BCUT2D eigenvalue weighted by molar-refractivity contribution is -0.131. The van der Waals surface area contributed by atoms with Crippen molar-refractivity contribution in [2.24, 2.45) is 0 Å². The van der Waals surface area contributed by atoms with Crippen molar-refractivity contribution >= 4 is 28.5 Å². The largest absolute Gasteiger partial charge is 0.452 e. The lowest BCUT2D eigenvalue weighted by Gasteiger charge is -2.10. The summed E-state index contributed by atoms with van der Waals surface area (Å²) in [7, 11) is 0. The SMILES string of the molecule is CC(=O)Oc1c(-c2ccccc2Cl)oc2ccccc2c1=O. The normalized spacial score (nSPS) is 10.6. The Morgan fingerprint density at radius 3 is 2.50 bits per heavy atom. The van der Waals surface area contributed by atoms with Crippen LogP contribution in [0.5, 0.6) is 5.75 Å². The van der Waals surface area contributed by atoms with Gasteiger partial charge in [0.1, 0.15) is 5.58 Å². The molecule has 0 radical (unpaired) electrons. The molecule has 0 bridgehead atoms. The van der Waals surface area contributed by atoms with Gasteiger partial charge < -0.3 is 9.15 Å². The van der Waals surface area contributed by atoms with Crippen LogP contribution in [0.1, 0.15) is 6.92 Å². The molecule has 5 heteroatoms. The van der Waals surface area contributed by atoms with E-state index in [1.807, 2.05) is 0 Å². The van der Waals surface area contributed by atoms with Crippen LogP contribution in [0.25, 0.3) is 22.3 Å². The van der Waals surface area contributed by atoms with Gasteiger partial charge in [0.25, 0.3) is 0 Å². The van der Waals surface area contributed by atoms with Crippen LogP contribution in [0.3, 0.4) is 0 Å². The number of esters is 1. The van der Waals surface area contributed by atoms with Gasteiger partial charge in [0.15, 0.2) is 5.76 Å². The van der Waals surface area contributed by atoms with Crippen LogP contribution in [-0.2, 0) is 4.79 Å². The molecular formula is C17H11ClO4. The van der Waals surface area contributed by atoms with E-state index < -0.39 is 11.4 Å². The van der Waals surface area contributed by atoms with Crippen LogP contribution in [0.15, 0.2) is 57.7 Å². The highest BCUT2D eigenvalue weighted by atomic mass is 35.5. The number of hydrogen-bond donors (Lipinski definition) is 0. The molecule has 0 N–H and O–H groups in total. The van der Waals surface area contributed by atoms with E-state index in [1.165, 1.54) is 6.92 Å². The zero-order chi connectivity index (χ0) is 15.7. The van der Waals surface area contributed by atoms with Gasteiger partial charge in [-0.15, -0.1) is 0 Å². The lowest BCUT2D eigenvalue weighted by atomic mass is 10.1. The van der Waals surface area contributed by atoms with Gasteiger partial charge >= 0.3 is 5.97 Å². The van der Waals surface area contributed by atoms with Gasteiger partial charge in [0.2, 0.25) is 11.2 Å². The molecular weight excluding hydrogens is 304 g/mol. The molecule has 0 aliphatic heterocycles. The summed E-state index contributed by atoms with van der Waals surface area (Å²) in [6.07, 6.45) is 0. The van der Waals surface area contributed by atoms with Gasteiger partial charge in [-0.3, -0.25) is 9.59 Å². The number of carbonyl (C=O) groups is 1. The second-order valence-corrected chi connectivity index (χ2v) is 5.07. The van der Waals surface area contributed by atoms with Gasteiger partial charge in [0, 0.05) is 12.5 Å². The second kappa shape index (κ2) is 5.66. The zero-order valence-electron chi connectivity index (χ0n) is 11.6. The Morgan fingerprint density at radius 2 is 1.77 bits per heavy atom. The van der Waals surface area contributed by atoms with Crippen molar-refractivity contribution < 1.29 is 13.9 Å². The first-order chi connectivity index (χ1) is 10.6. The molecule has 0 saturated heterocycles. The van der Waals surface area contributed by atoms with Crippen molar-refractivity contribution in [2.45, 2.75) is 6.92 Å². The molecule has 22 heavy (non-hydrogen) atoms. The highest BCUT2D eigenvalue weighted by molar-refractivity contribution is 6.33. The molecule has 0 amide bonds. The van der Waals surface area contributed by atoms with Crippen molar-refractivity contribution in [3.8, 4) is 17.1 Å². The minimum absolute atomic E-state index is 0.143. The molecule has 0 unspecified atom stereocenters. The summed E-state index contributed by atoms with van der Waals surface area (Å²) in [5.74, 6) is -0.611. The Kier molecular flexibility index (Phi) is 3.69. The molecule has 0 spiro atoms. The Morgan fingerprint density at radius 1 is 1.09 bits per heavy atom. The lowest BCUT2D eigenvalue weighted by Crippen LogP contribution is -2.13. The van der Waals surface area contributed by atoms with Crippen molar-refractivity contribution in [3.63, 3.8) is 0 Å². The fraction of sp³-hybridized carbons (Fsp3) is 0.0588. The van der Waals surface area contributed by atoms with Crippen LogP contribution in [0.4, 0.5) is 0 Å². The van der Waals surface area contributed by atoms with E-state index in [-0.39, 0.29) is 11.5 Å². The number of para-hydroxylation sites is 1. The third-order valence-electron chi connectivity index (χ3n) is 3.12. The third-order valence-corrected chi connectivity index (χ3v) is 3.45. The molecule has 0 fully saturated rings. The molecule has 0 aliphatic carbocycles. The van der Waals surface area contributed by atoms with E-state index in [2.05, 4.69) is 0 Å². The molecule has 4 nitrogen and oxygen atoms in total. The monoisotopic (exact) mass is 314 g/mol. The number of rotatable bonds is 2. The smallest absolute Gasteiger partial charge is 0.308 e. The van der Waals surface area contributed by atoms with E-state index in [9.17, 15) is 9.59 Å². The fourth-order valence-electron chi connectivity index (χ4n) is 2.18. The summed E-state index contributed by atoms with van der Waals surface area (Å²) in [4.78, 5) is 23.9. The highest BCUT2D eigenvalue weighted by Gasteiger charge is 2.20. The maximum Gasteiger partial charge on any atom is 0.308 e. The van der Waals surface area contributed by atoms with Gasteiger partial charge in [-0.25, -0.2) is 0 Å². The second-order valence-electron chi connectivity index (χ2n) is 4.66. The average molecular weight is 315 g/mol. The molecule has 0 saturated carbocycles. The quantitative estimate of drug-likeness (QED) is 0.670. The number of hydrogen-bond acceptors (Lipinski definition) is 4. The molecule has 0 atom stereocenters. The summed E-state index contributed by atoms with van der Waals surface area (Å²) in [5.41, 5.74) is 0.480. The van der Waals surface area contributed by atoms with Gasteiger partial charge in [-0.1, -0.05) is 35.9 Å². The third kappa shape index (κ3) is 2.49. The minimum Gasteiger partial charge on any atom is -0.452 e. The topological polar surface area (TPSA) is 56.5 Å². The van der Waals surface area contributed by atoms with Crippen molar-refractivity contribution in [2.75, 3.05) is 0 Å². The first-order valence-corrected chi connectivity index (χ1v) is 6.95. The van der Waals surface area contributed by atoms with Crippen LogP contribution in [-0.4, -0.2) is 5.97 Å². The summed E-state index contributed by atoms with van der Waals surface area (Å²) in [6.45, 7) is 1.23. The molecule has 1 aromatic heterocycles. The van der Waals surface area contributed by atoms with Crippen LogP contribution >= 0.6 is 11.6 Å².